The SMILES string of the molecule is CCC1CN(CC)c2cc(C(O)C3CCCN3)ccc2O1. The topological polar surface area (TPSA) is 44.7 Å². The molecule has 21 heavy (non-hydrogen) atoms. The highest BCUT2D eigenvalue weighted by Gasteiger charge is 2.28. The van der Waals surface area contributed by atoms with Crippen LogP contribution in [0.3, 0.4) is 0 Å². The van der Waals surface area contributed by atoms with E-state index in [0.29, 0.717) is 0 Å². The quantitative estimate of drug-likeness (QED) is 0.894. The molecule has 1 aromatic carbocycles. The molecule has 0 saturated carbocycles. The van der Waals surface area contributed by atoms with Gasteiger partial charge >= 0.3 is 0 Å². The van der Waals surface area contributed by atoms with Crippen molar-refractivity contribution in [3.63, 3.8) is 0 Å². The maximum Gasteiger partial charge on any atom is 0.143 e. The molecule has 0 spiro atoms. The Morgan fingerprint density at radius 3 is 2.95 bits per heavy atom. The van der Waals surface area contributed by atoms with Crippen molar-refractivity contribution in [1.82, 2.24) is 5.32 Å². The van der Waals surface area contributed by atoms with Crippen LogP contribution in [0.4, 0.5) is 5.69 Å². The Morgan fingerprint density at radius 2 is 2.29 bits per heavy atom. The Kier molecular flexibility index (Phi) is 4.36. The molecule has 2 aliphatic heterocycles. The summed E-state index contributed by atoms with van der Waals surface area (Å²) in [5.41, 5.74) is 2.11. The molecule has 116 valence electrons. The minimum Gasteiger partial charge on any atom is -0.486 e. The fraction of sp³-hybridized carbons (Fsp3) is 0.647. The van der Waals surface area contributed by atoms with Gasteiger partial charge in [-0.3, -0.25) is 0 Å². The lowest BCUT2D eigenvalue weighted by Crippen LogP contribution is -2.39. The predicted octanol–water partition coefficient (Wildman–Crippen LogP) is 2.47. The van der Waals surface area contributed by atoms with Crippen LogP contribution in [0, 0.1) is 0 Å². The zero-order valence-corrected chi connectivity index (χ0v) is 13.0. The zero-order chi connectivity index (χ0) is 14.8. The number of nitrogens with one attached hydrogen (secondary N) is 1. The monoisotopic (exact) mass is 290 g/mol. The number of hydrogen-bond donors (Lipinski definition) is 2. The van der Waals surface area contributed by atoms with Gasteiger partial charge in [-0.2, -0.15) is 0 Å². The summed E-state index contributed by atoms with van der Waals surface area (Å²) >= 11 is 0. The molecule has 1 fully saturated rings. The molecule has 2 heterocycles. The average Bonchev–Trinajstić information content (AvgIpc) is 3.06. The molecule has 4 heteroatoms. The first-order chi connectivity index (χ1) is 10.2. The number of hydrogen-bond acceptors (Lipinski definition) is 4. The van der Waals surface area contributed by atoms with Crippen LogP contribution in [0.2, 0.25) is 0 Å². The molecule has 0 aromatic heterocycles. The highest BCUT2D eigenvalue weighted by Crippen LogP contribution is 2.37. The van der Waals surface area contributed by atoms with Crippen molar-refractivity contribution >= 4 is 5.69 Å². The molecule has 3 atom stereocenters. The summed E-state index contributed by atoms with van der Waals surface area (Å²) in [6.45, 7) is 7.24. The summed E-state index contributed by atoms with van der Waals surface area (Å²) in [5.74, 6) is 0.949. The predicted molar refractivity (Wildman–Crippen MR) is 85.0 cm³/mol. The Bertz CT molecular complexity index is 486. The normalized spacial score (nSPS) is 26.3. The van der Waals surface area contributed by atoms with Gasteiger partial charge in [-0.1, -0.05) is 13.0 Å². The molecule has 2 aliphatic rings. The molecule has 0 bridgehead atoms. The molecule has 1 aromatic rings. The van der Waals surface area contributed by atoms with Crippen molar-refractivity contribution < 1.29 is 9.84 Å². The minimum atomic E-state index is -0.430. The second-order valence-corrected chi connectivity index (χ2v) is 6.06. The Labute approximate surface area is 127 Å². The number of aliphatic hydroxyl groups is 1. The van der Waals surface area contributed by atoms with Crippen molar-refractivity contribution in [2.45, 2.75) is 51.4 Å². The molecule has 2 N–H and O–H groups in total. The molecule has 1 saturated heterocycles. The number of fused-ring (bicyclic) bond motifs is 1. The molecule has 3 unspecified atom stereocenters. The van der Waals surface area contributed by atoms with E-state index in [1.807, 2.05) is 12.1 Å². The summed E-state index contributed by atoms with van der Waals surface area (Å²) in [6.07, 6.45) is 3.05. The Balaban J connectivity index is 1.86. The summed E-state index contributed by atoms with van der Waals surface area (Å²) < 4.78 is 6.03. The van der Waals surface area contributed by atoms with Crippen LogP contribution >= 0.6 is 0 Å². The number of anilines is 1. The smallest absolute Gasteiger partial charge is 0.143 e. The first-order valence-corrected chi connectivity index (χ1v) is 8.20. The molecule has 0 radical (unpaired) electrons. The van der Waals surface area contributed by atoms with Crippen molar-refractivity contribution in [3.8, 4) is 5.75 Å². The maximum atomic E-state index is 10.6. The first kappa shape index (κ1) is 14.7. The number of rotatable bonds is 4. The Hall–Kier alpha value is -1.26. The van der Waals surface area contributed by atoms with Crippen LogP contribution in [-0.2, 0) is 0 Å². The van der Waals surface area contributed by atoms with E-state index >= 15 is 0 Å². The zero-order valence-electron chi connectivity index (χ0n) is 13.0. The van der Waals surface area contributed by atoms with Gasteiger partial charge in [0, 0.05) is 12.6 Å². The number of aliphatic hydroxyl groups excluding tert-OH is 1. The fourth-order valence-corrected chi connectivity index (χ4v) is 3.35. The first-order valence-electron chi connectivity index (χ1n) is 8.20. The minimum absolute atomic E-state index is 0.186. The molecule has 0 amide bonds. The third-order valence-electron chi connectivity index (χ3n) is 4.70. The van der Waals surface area contributed by atoms with Crippen LogP contribution in [0.25, 0.3) is 0 Å². The number of likely N-dealkylation sites (N-methyl/N-ethyl adjacent to an activating group) is 1. The van der Waals surface area contributed by atoms with E-state index in [1.165, 1.54) is 0 Å². The van der Waals surface area contributed by atoms with Crippen LogP contribution < -0.4 is 15.0 Å². The van der Waals surface area contributed by atoms with E-state index in [9.17, 15) is 5.11 Å². The lowest BCUT2D eigenvalue weighted by atomic mass is 9.99. The van der Waals surface area contributed by atoms with E-state index in [2.05, 4.69) is 30.1 Å². The van der Waals surface area contributed by atoms with Gasteiger partial charge < -0.3 is 20.1 Å². The maximum absolute atomic E-state index is 10.6. The summed E-state index contributed by atoms with van der Waals surface area (Å²) in [4.78, 5) is 2.35. The van der Waals surface area contributed by atoms with Gasteiger partial charge in [0.15, 0.2) is 0 Å². The third kappa shape index (κ3) is 2.87. The lowest BCUT2D eigenvalue weighted by Gasteiger charge is -2.36. The summed E-state index contributed by atoms with van der Waals surface area (Å²) in [6, 6.07) is 6.32. The Morgan fingerprint density at radius 1 is 1.43 bits per heavy atom. The molecule has 0 aliphatic carbocycles. The molecule has 3 rings (SSSR count). The molecular formula is C17H26N2O2. The van der Waals surface area contributed by atoms with Gasteiger partial charge in [0.2, 0.25) is 0 Å². The van der Waals surface area contributed by atoms with Crippen LogP contribution in [0.5, 0.6) is 5.75 Å². The highest BCUT2D eigenvalue weighted by molar-refractivity contribution is 5.62. The van der Waals surface area contributed by atoms with Gasteiger partial charge in [0.25, 0.3) is 0 Å². The van der Waals surface area contributed by atoms with Crippen molar-refractivity contribution in [2.75, 3.05) is 24.5 Å². The molecular weight excluding hydrogens is 264 g/mol. The fourth-order valence-electron chi connectivity index (χ4n) is 3.35. The van der Waals surface area contributed by atoms with E-state index < -0.39 is 6.10 Å². The van der Waals surface area contributed by atoms with E-state index in [4.69, 9.17) is 4.74 Å². The highest BCUT2D eigenvalue weighted by atomic mass is 16.5. The largest absolute Gasteiger partial charge is 0.486 e. The number of ether oxygens (including phenoxy) is 1. The summed E-state index contributed by atoms with van der Waals surface area (Å²) in [5, 5.41) is 13.9. The van der Waals surface area contributed by atoms with Crippen LogP contribution in [0.1, 0.15) is 44.8 Å². The van der Waals surface area contributed by atoms with E-state index in [1.54, 1.807) is 0 Å². The summed E-state index contributed by atoms with van der Waals surface area (Å²) in [7, 11) is 0. The van der Waals surface area contributed by atoms with Gasteiger partial charge in [-0.15, -0.1) is 0 Å². The van der Waals surface area contributed by atoms with Crippen LogP contribution in [-0.4, -0.2) is 36.9 Å². The van der Waals surface area contributed by atoms with E-state index in [0.717, 1.165) is 55.9 Å². The second kappa shape index (κ2) is 6.24. The lowest BCUT2D eigenvalue weighted by molar-refractivity contribution is 0.137. The molecule has 4 nitrogen and oxygen atoms in total. The average molecular weight is 290 g/mol. The number of nitrogens with zero attached hydrogens (tertiary/aromatic N) is 1. The van der Waals surface area contributed by atoms with Crippen molar-refractivity contribution in [2.24, 2.45) is 0 Å². The second-order valence-electron chi connectivity index (χ2n) is 6.06. The number of benzene rings is 1. The van der Waals surface area contributed by atoms with Gasteiger partial charge in [0.05, 0.1) is 18.3 Å². The van der Waals surface area contributed by atoms with Gasteiger partial charge in [0.1, 0.15) is 11.9 Å². The van der Waals surface area contributed by atoms with Crippen molar-refractivity contribution in [1.29, 1.82) is 0 Å². The van der Waals surface area contributed by atoms with Crippen LogP contribution in [0.15, 0.2) is 18.2 Å². The van der Waals surface area contributed by atoms with E-state index in [-0.39, 0.29) is 12.1 Å². The van der Waals surface area contributed by atoms with Gasteiger partial charge in [-0.05, 0) is 50.4 Å². The van der Waals surface area contributed by atoms with Crippen molar-refractivity contribution in [3.05, 3.63) is 23.8 Å². The van der Waals surface area contributed by atoms with Gasteiger partial charge in [-0.25, -0.2) is 0 Å². The third-order valence-corrected chi connectivity index (χ3v) is 4.70. The standard InChI is InChI=1S/C17H26N2O2/c1-3-13-11-19(4-2)15-10-12(7-8-16(15)21-13)17(20)14-6-5-9-18-14/h7-8,10,13-14,17-18,20H,3-6,9,11H2,1-2H3.